The van der Waals surface area contributed by atoms with Gasteiger partial charge in [-0.1, -0.05) is 39.8 Å². The number of anilines is 2. The molecule has 0 aromatic heterocycles. The van der Waals surface area contributed by atoms with E-state index in [4.69, 9.17) is 14.2 Å². The van der Waals surface area contributed by atoms with E-state index in [1.165, 1.54) is 12.1 Å². The van der Waals surface area contributed by atoms with Crippen LogP contribution in [0.4, 0.5) is 20.2 Å². The predicted octanol–water partition coefficient (Wildman–Crippen LogP) is 9.72. The first kappa shape index (κ1) is 33.0. The molecule has 0 unspecified atom stereocenters. The maximum atomic E-state index is 14.1. The number of aryl methyl sites for hydroxylation is 2. The predicted molar refractivity (Wildman–Crippen MR) is 170 cm³/mol. The lowest BCUT2D eigenvalue weighted by Gasteiger charge is -2.13. The van der Waals surface area contributed by atoms with Gasteiger partial charge in [-0.25, -0.2) is 8.78 Å². The summed E-state index contributed by atoms with van der Waals surface area (Å²) in [6.07, 6.45) is 3.68. The Hall–Kier alpha value is -4.46. The second kappa shape index (κ2) is 16.9. The van der Waals surface area contributed by atoms with Crippen molar-refractivity contribution in [3.05, 3.63) is 95.6 Å². The Balaban J connectivity index is 0.000000236. The first-order valence-electron chi connectivity index (χ1n) is 14.7. The molecule has 0 radical (unpaired) electrons. The van der Waals surface area contributed by atoms with Crippen LogP contribution in [0.25, 0.3) is 0 Å². The number of ether oxygens (including phenoxy) is 3. The molecule has 0 aliphatic carbocycles. The van der Waals surface area contributed by atoms with Gasteiger partial charge < -0.3 is 30.0 Å². The summed E-state index contributed by atoms with van der Waals surface area (Å²) in [4.78, 5) is 0. The summed E-state index contributed by atoms with van der Waals surface area (Å²) in [5.74, 6) is 0.793. The van der Waals surface area contributed by atoms with Crippen molar-refractivity contribution in [3.8, 4) is 34.5 Å². The molecule has 0 atom stereocenters. The smallest absolute Gasteiger partial charge is 0.169 e. The van der Waals surface area contributed by atoms with Crippen LogP contribution in [0.3, 0.4) is 0 Å². The molecule has 0 amide bonds. The van der Waals surface area contributed by atoms with E-state index in [1.54, 1.807) is 49.6 Å². The molecule has 43 heavy (non-hydrogen) atoms. The van der Waals surface area contributed by atoms with Crippen LogP contribution in [0.1, 0.15) is 51.7 Å². The van der Waals surface area contributed by atoms with Crippen LogP contribution in [0.15, 0.2) is 72.8 Å². The van der Waals surface area contributed by atoms with Gasteiger partial charge in [0, 0.05) is 36.6 Å². The molecule has 0 aliphatic rings. The minimum Gasteiger partial charge on any atom is -0.504 e. The third kappa shape index (κ3) is 9.81. The van der Waals surface area contributed by atoms with E-state index in [1.807, 2.05) is 32.0 Å². The highest BCUT2D eigenvalue weighted by atomic mass is 19.1. The Morgan fingerprint density at radius 3 is 1.49 bits per heavy atom. The minimum absolute atomic E-state index is 0.0157. The molecule has 0 aliphatic heterocycles. The van der Waals surface area contributed by atoms with Gasteiger partial charge in [0.15, 0.2) is 46.1 Å². The molecule has 3 N–H and O–H groups in total. The van der Waals surface area contributed by atoms with E-state index in [9.17, 15) is 13.9 Å². The van der Waals surface area contributed by atoms with Gasteiger partial charge in [-0.3, -0.25) is 0 Å². The molecule has 8 heteroatoms. The van der Waals surface area contributed by atoms with Crippen molar-refractivity contribution in [2.45, 2.75) is 53.4 Å². The fraction of sp³-hybridized carbons (Fsp3) is 0.314. The topological polar surface area (TPSA) is 72.0 Å². The highest BCUT2D eigenvalue weighted by Gasteiger charge is 2.12. The van der Waals surface area contributed by atoms with Gasteiger partial charge in [0.1, 0.15) is 0 Å². The van der Waals surface area contributed by atoms with Gasteiger partial charge in [-0.05, 0) is 85.3 Å². The van der Waals surface area contributed by atoms with Crippen LogP contribution in [0.2, 0.25) is 0 Å². The Kier molecular flexibility index (Phi) is 12.9. The molecule has 0 saturated carbocycles. The van der Waals surface area contributed by atoms with Gasteiger partial charge >= 0.3 is 0 Å². The van der Waals surface area contributed by atoms with Gasteiger partial charge in [-0.2, -0.15) is 0 Å². The van der Waals surface area contributed by atoms with Crippen molar-refractivity contribution in [2.75, 3.05) is 30.8 Å². The lowest BCUT2D eigenvalue weighted by molar-refractivity contribution is 0.370. The molecular weight excluding hydrogens is 550 g/mol. The van der Waals surface area contributed by atoms with Crippen LogP contribution >= 0.6 is 0 Å². The van der Waals surface area contributed by atoms with Crippen LogP contribution in [-0.4, -0.2) is 25.3 Å². The van der Waals surface area contributed by atoms with E-state index in [0.29, 0.717) is 17.2 Å². The number of nitrogens with one attached hydrogen (secondary N) is 2. The largest absolute Gasteiger partial charge is 0.504 e. The molecule has 4 rings (SSSR count). The number of hydrogen-bond acceptors (Lipinski definition) is 6. The number of halogens is 2. The van der Waals surface area contributed by atoms with Crippen LogP contribution in [0.5, 0.6) is 34.5 Å². The van der Waals surface area contributed by atoms with Crippen LogP contribution < -0.4 is 24.8 Å². The third-order valence-corrected chi connectivity index (χ3v) is 6.53. The molecule has 0 heterocycles. The van der Waals surface area contributed by atoms with Crippen molar-refractivity contribution in [1.29, 1.82) is 0 Å². The highest BCUT2D eigenvalue weighted by molar-refractivity contribution is 5.51. The molecule has 4 aromatic rings. The summed E-state index contributed by atoms with van der Waals surface area (Å²) in [5.41, 5.74) is 3.61. The molecule has 4 aromatic carbocycles. The molecule has 230 valence electrons. The molecule has 6 nitrogen and oxygen atoms in total. The van der Waals surface area contributed by atoms with Crippen molar-refractivity contribution < 1.29 is 28.1 Å². The van der Waals surface area contributed by atoms with Crippen LogP contribution in [0, 0.1) is 11.6 Å². The van der Waals surface area contributed by atoms with Gasteiger partial charge in [-0.15, -0.1) is 0 Å². The average Bonchev–Trinajstić information content (AvgIpc) is 3.02. The second-order valence-corrected chi connectivity index (χ2v) is 9.84. The fourth-order valence-corrected chi connectivity index (χ4v) is 4.05. The summed E-state index contributed by atoms with van der Waals surface area (Å²) in [7, 11) is 1.58. The van der Waals surface area contributed by atoms with Crippen molar-refractivity contribution in [3.63, 3.8) is 0 Å². The van der Waals surface area contributed by atoms with Gasteiger partial charge in [0.25, 0.3) is 0 Å². The van der Waals surface area contributed by atoms with Crippen molar-refractivity contribution in [1.82, 2.24) is 0 Å². The Bertz CT molecular complexity index is 1460. The Labute approximate surface area is 253 Å². The Morgan fingerprint density at radius 1 is 0.581 bits per heavy atom. The van der Waals surface area contributed by atoms with Gasteiger partial charge in [0.2, 0.25) is 0 Å². The maximum absolute atomic E-state index is 14.1. The zero-order valence-electron chi connectivity index (χ0n) is 25.6. The van der Waals surface area contributed by atoms with E-state index in [-0.39, 0.29) is 23.0 Å². The monoisotopic (exact) mass is 592 g/mol. The quantitative estimate of drug-likeness (QED) is 0.144. The SMILES string of the molecule is CCCNc1ccc(Oc2ccc(CC)cc2O)c(F)c1.CCCNc1ccc(Oc2ccc(CC)cc2OC)c(F)c1. The maximum Gasteiger partial charge on any atom is 0.169 e. The third-order valence-electron chi connectivity index (χ3n) is 6.53. The summed E-state index contributed by atoms with van der Waals surface area (Å²) in [5, 5.41) is 16.1. The number of aromatic hydroxyl groups is 1. The first-order chi connectivity index (χ1) is 20.8. The minimum atomic E-state index is -0.463. The summed E-state index contributed by atoms with van der Waals surface area (Å²) in [6, 6.07) is 20.4. The van der Waals surface area contributed by atoms with Gasteiger partial charge in [0.05, 0.1) is 7.11 Å². The molecular formula is C35H42F2N2O4. The number of phenols is 1. The van der Waals surface area contributed by atoms with E-state index in [0.717, 1.165) is 55.6 Å². The summed E-state index contributed by atoms with van der Waals surface area (Å²) in [6.45, 7) is 9.77. The van der Waals surface area contributed by atoms with Crippen molar-refractivity contribution in [2.24, 2.45) is 0 Å². The lowest BCUT2D eigenvalue weighted by atomic mass is 10.1. The molecule has 0 bridgehead atoms. The molecule has 0 spiro atoms. The van der Waals surface area contributed by atoms with Crippen molar-refractivity contribution >= 4 is 11.4 Å². The first-order valence-corrected chi connectivity index (χ1v) is 14.7. The molecule has 0 fully saturated rings. The van der Waals surface area contributed by atoms with Crippen LogP contribution in [-0.2, 0) is 12.8 Å². The van der Waals surface area contributed by atoms with E-state index < -0.39 is 11.6 Å². The van der Waals surface area contributed by atoms with E-state index >= 15 is 0 Å². The average molecular weight is 593 g/mol. The lowest BCUT2D eigenvalue weighted by Crippen LogP contribution is -2.00. The highest BCUT2D eigenvalue weighted by Crippen LogP contribution is 2.35. The standard InChI is InChI=1S/C18H22FNO2.C17H20FNO2/c1-4-10-20-14-7-9-16(15(19)12-14)22-17-8-6-13(5-2)11-18(17)21-3;1-3-9-19-13-6-8-16(14(18)11-13)21-17-7-5-12(4-2)10-15(17)20/h6-9,11-12,20H,4-5,10H2,1-3H3;5-8,10-11,19-20H,3-4,9H2,1-2H3. The summed E-state index contributed by atoms with van der Waals surface area (Å²) >= 11 is 0. The zero-order chi connectivity index (χ0) is 31.2. The Morgan fingerprint density at radius 2 is 1.05 bits per heavy atom. The molecule has 0 saturated heterocycles. The van der Waals surface area contributed by atoms with E-state index in [2.05, 4.69) is 24.5 Å². The number of rotatable bonds is 13. The number of hydrogen-bond donors (Lipinski definition) is 3. The number of benzene rings is 4. The summed E-state index contributed by atoms with van der Waals surface area (Å²) < 4.78 is 44.6. The normalized spacial score (nSPS) is 10.4. The zero-order valence-corrected chi connectivity index (χ0v) is 25.6. The second-order valence-electron chi connectivity index (χ2n) is 9.84. The fourth-order valence-electron chi connectivity index (χ4n) is 4.05. The number of phenolic OH excluding ortho intramolecular Hbond substituents is 1. The number of methoxy groups -OCH3 is 1.